The molecule has 2 heterocycles. The zero-order valence-electron chi connectivity index (χ0n) is 19.0. The van der Waals surface area contributed by atoms with Gasteiger partial charge in [-0.05, 0) is 12.1 Å². The SMILES string of the molecule is C[Si-](C)(C)c1cccc2c1oc1c(-c3nc(-c4ccccc4)c4ccccc4n3)cccc12. The largest absolute Gasteiger partial charge is 0.458 e. The molecule has 4 heteroatoms. The first-order chi connectivity index (χ1) is 16.0. The van der Waals surface area contributed by atoms with Gasteiger partial charge in [0.25, 0.3) is 0 Å². The highest BCUT2D eigenvalue weighted by Gasteiger charge is 2.19. The maximum absolute atomic E-state index is 6.61. The molecule has 6 rings (SSSR count). The predicted octanol–water partition coefficient (Wildman–Crippen LogP) is 7.41. The number of para-hydroxylation sites is 3. The minimum atomic E-state index is -1.57. The molecule has 0 radical (unpaired) electrons. The van der Waals surface area contributed by atoms with Crippen LogP contribution in [0.3, 0.4) is 0 Å². The van der Waals surface area contributed by atoms with E-state index in [-0.39, 0.29) is 0 Å². The Balaban J connectivity index is 1.67. The number of fused-ring (bicyclic) bond motifs is 4. The number of hydrogen-bond acceptors (Lipinski definition) is 3. The lowest BCUT2D eigenvalue weighted by Crippen LogP contribution is -2.37. The standard InChI is InChI=1S/C29H24N2OSi/c1-33(2,3)25-18-10-15-21-20-14-9-16-23(27(20)32-28(21)25)29-30-24-17-8-7-13-22(24)26(31-29)19-11-5-4-6-12-19/h4-18H,1-3H3/q-1. The number of rotatable bonds is 3. The van der Waals surface area contributed by atoms with Crippen molar-refractivity contribution in [2.45, 2.75) is 19.6 Å². The van der Waals surface area contributed by atoms with E-state index >= 15 is 0 Å². The Morgan fingerprint density at radius 2 is 1.27 bits per heavy atom. The molecule has 0 saturated carbocycles. The summed E-state index contributed by atoms with van der Waals surface area (Å²) in [5.74, 6) is 0.687. The van der Waals surface area contributed by atoms with Crippen molar-refractivity contribution in [1.29, 1.82) is 0 Å². The van der Waals surface area contributed by atoms with Gasteiger partial charge in [0.05, 0.1) is 16.8 Å². The van der Waals surface area contributed by atoms with Crippen LogP contribution in [0.25, 0.3) is 55.5 Å². The van der Waals surface area contributed by atoms with Gasteiger partial charge in [-0.25, -0.2) is 9.97 Å². The minimum Gasteiger partial charge on any atom is -0.458 e. The molecule has 0 N–H and O–H groups in total. The van der Waals surface area contributed by atoms with E-state index in [1.54, 1.807) is 0 Å². The lowest BCUT2D eigenvalue weighted by Gasteiger charge is -2.28. The highest BCUT2D eigenvalue weighted by atomic mass is 28.3. The Hall–Kier alpha value is -3.76. The summed E-state index contributed by atoms with van der Waals surface area (Å²) in [4.78, 5) is 10.0. The number of hydrogen-bond donors (Lipinski definition) is 0. The predicted molar refractivity (Wildman–Crippen MR) is 141 cm³/mol. The molecule has 0 aliphatic heterocycles. The van der Waals surface area contributed by atoms with E-state index < -0.39 is 8.07 Å². The van der Waals surface area contributed by atoms with Gasteiger partial charge in [0, 0.05) is 21.7 Å². The number of benzene rings is 4. The fraction of sp³-hybridized carbons (Fsp3) is 0.103. The molecule has 33 heavy (non-hydrogen) atoms. The van der Waals surface area contributed by atoms with E-state index in [0.29, 0.717) is 5.82 Å². The minimum absolute atomic E-state index is 0.687. The third-order valence-corrected chi connectivity index (χ3v) is 8.23. The van der Waals surface area contributed by atoms with Crippen LogP contribution in [0.15, 0.2) is 95.4 Å². The molecule has 161 valence electrons. The smallest absolute Gasteiger partial charge is 0.164 e. The lowest BCUT2D eigenvalue weighted by molar-refractivity contribution is 0.672. The molecule has 0 amide bonds. The van der Waals surface area contributed by atoms with E-state index in [1.165, 1.54) is 5.19 Å². The van der Waals surface area contributed by atoms with Gasteiger partial charge >= 0.3 is 0 Å². The molecule has 6 aromatic rings. The second-order valence-electron chi connectivity index (χ2n) is 9.50. The van der Waals surface area contributed by atoms with Gasteiger partial charge in [0.15, 0.2) is 5.82 Å². The van der Waals surface area contributed by atoms with Gasteiger partial charge in [0.1, 0.15) is 11.2 Å². The van der Waals surface area contributed by atoms with Crippen LogP contribution in [0.2, 0.25) is 19.6 Å². The normalized spacial score (nSPS) is 12.1. The van der Waals surface area contributed by atoms with Crippen LogP contribution in [-0.2, 0) is 0 Å². The molecular formula is C29H24N2OSi-. The quantitative estimate of drug-likeness (QED) is 0.267. The van der Waals surface area contributed by atoms with Gasteiger partial charge in [-0.15, -0.1) is 13.3 Å². The van der Waals surface area contributed by atoms with Crippen molar-refractivity contribution >= 4 is 46.1 Å². The summed E-state index contributed by atoms with van der Waals surface area (Å²) in [6, 6.07) is 31.3. The average molecular weight is 445 g/mol. The van der Waals surface area contributed by atoms with E-state index in [2.05, 4.69) is 80.3 Å². The highest BCUT2D eigenvalue weighted by Crippen LogP contribution is 2.36. The zero-order chi connectivity index (χ0) is 22.6. The van der Waals surface area contributed by atoms with Gasteiger partial charge in [-0.2, -0.15) is 19.6 Å². The molecule has 0 aliphatic rings. The van der Waals surface area contributed by atoms with Crippen LogP contribution in [0.1, 0.15) is 0 Å². The third-order valence-electron chi connectivity index (χ3n) is 6.22. The molecule has 0 saturated heterocycles. The van der Waals surface area contributed by atoms with Crippen molar-refractivity contribution in [2.24, 2.45) is 0 Å². The maximum atomic E-state index is 6.61. The lowest BCUT2D eigenvalue weighted by atomic mass is 10.0. The average Bonchev–Trinajstić information content (AvgIpc) is 3.22. The van der Waals surface area contributed by atoms with E-state index in [4.69, 9.17) is 14.4 Å². The number of aromatic nitrogens is 2. The van der Waals surface area contributed by atoms with Crippen molar-refractivity contribution in [1.82, 2.24) is 9.97 Å². The topological polar surface area (TPSA) is 38.9 Å². The Kier molecular flexibility index (Phi) is 4.45. The molecule has 4 aromatic carbocycles. The van der Waals surface area contributed by atoms with E-state index in [0.717, 1.165) is 49.7 Å². The van der Waals surface area contributed by atoms with Crippen LogP contribution in [0.5, 0.6) is 0 Å². The third kappa shape index (κ3) is 3.26. The Morgan fingerprint density at radius 1 is 0.606 bits per heavy atom. The van der Waals surface area contributed by atoms with Crippen molar-refractivity contribution in [3.05, 3.63) is 91.0 Å². The van der Waals surface area contributed by atoms with Gasteiger partial charge < -0.3 is 4.42 Å². The molecule has 0 aliphatic carbocycles. The Labute approximate surface area is 193 Å². The van der Waals surface area contributed by atoms with Crippen LogP contribution >= 0.6 is 0 Å². The Morgan fingerprint density at radius 3 is 2.06 bits per heavy atom. The van der Waals surface area contributed by atoms with Gasteiger partial charge in [0.2, 0.25) is 0 Å². The molecule has 2 aromatic heterocycles. The molecule has 3 nitrogen and oxygen atoms in total. The van der Waals surface area contributed by atoms with E-state index in [1.807, 2.05) is 30.3 Å². The Bertz CT molecular complexity index is 1650. The molecule has 0 bridgehead atoms. The van der Waals surface area contributed by atoms with Crippen molar-refractivity contribution in [3.63, 3.8) is 0 Å². The molecular weight excluding hydrogens is 420 g/mol. The van der Waals surface area contributed by atoms with Crippen LogP contribution in [0, 0.1) is 0 Å². The highest BCUT2D eigenvalue weighted by molar-refractivity contribution is 6.90. The monoisotopic (exact) mass is 444 g/mol. The second-order valence-corrected chi connectivity index (χ2v) is 14.5. The fourth-order valence-electron chi connectivity index (χ4n) is 4.60. The van der Waals surface area contributed by atoms with Crippen molar-refractivity contribution in [3.8, 4) is 22.6 Å². The van der Waals surface area contributed by atoms with Crippen molar-refractivity contribution < 1.29 is 4.42 Å². The van der Waals surface area contributed by atoms with E-state index in [9.17, 15) is 0 Å². The van der Waals surface area contributed by atoms with Gasteiger partial charge in [-0.3, -0.25) is 0 Å². The van der Waals surface area contributed by atoms with Crippen LogP contribution < -0.4 is 5.19 Å². The number of furan rings is 1. The first-order valence-electron chi connectivity index (χ1n) is 11.3. The number of nitrogens with zero attached hydrogens (tertiary/aromatic N) is 2. The first kappa shape index (κ1) is 19.9. The molecule has 0 fully saturated rings. The summed E-state index contributed by atoms with van der Waals surface area (Å²) in [6.45, 7) is 7.07. The van der Waals surface area contributed by atoms with Crippen LogP contribution in [-0.4, -0.2) is 18.0 Å². The summed E-state index contributed by atoms with van der Waals surface area (Å²) < 4.78 is 6.61. The van der Waals surface area contributed by atoms with Crippen LogP contribution in [0.4, 0.5) is 0 Å². The fourth-order valence-corrected chi connectivity index (χ4v) is 6.06. The first-order valence-corrected chi connectivity index (χ1v) is 14.8. The molecule has 0 spiro atoms. The summed E-state index contributed by atoms with van der Waals surface area (Å²) in [6.07, 6.45) is 0. The summed E-state index contributed by atoms with van der Waals surface area (Å²) >= 11 is 0. The molecule has 0 unspecified atom stereocenters. The summed E-state index contributed by atoms with van der Waals surface area (Å²) in [5, 5.41) is 4.66. The maximum Gasteiger partial charge on any atom is 0.164 e. The summed E-state index contributed by atoms with van der Waals surface area (Å²) in [5.41, 5.74) is 5.73. The zero-order valence-corrected chi connectivity index (χ0v) is 20.0. The van der Waals surface area contributed by atoms with Crippen molar-refractivity contribution in [2.75, 3.05) is 0 Å². The molecule has 0 atom stereocenters. The van der Waals surface area contributed by atoms with Gasteiger partial charge in [-0.1, -0.05) is 78.9 Å². The summed E-state index contributed by atoms with van der Waals surface area (Å²) in [7, 11) is -1.57. The second kappa shape index (κ2) is 7.39.